The second kappa shape index (κ2) is 5.53. The lowest BCUT2D eigenvalue weighted by atomic mass is 10.0. The summed E-state index contributed by atoms with van der Waals surface area (Å²) in [6.07, 6.45) is 2.36. The molecule has 3 heteroatoms. The first-order valence-corrected chi connectivity index (χ1v) is 6.86. The molecule has 98 valence electrons. The molecule has 0 fully saturated rings. The van der Waals surface area contributed by atoms with Crippen LogP contribution in [0.4, 0.5) is 0 Å². The molecule has 0 atom stereocenters. The van der Waals surface area contributed by atoms with E-state index in [1.54, 1.807) is 0 Å². The van der Waals surface area contributed by atoms with Crippen LogP contribution in [0.2, 0.25) is 0 Å². The van der Waals surface area contributed by atoms with Gasteiger partial charge in [-0.2, -0.15) is 0 Å². The number of nitrogens with two attached hydrogens (primary N) is 1. The topological polar surface area (TPSA) is 43.8 Å². The van der Waals surface area contributed by atoms with E-state index in [1.165, 1.54) is 23.9 Å². The Morgan fingerprint density at radius 2 is 2.11 bits per heavy atom. The number of benzene rings is 1. The van der Waals surface area contributed by atoms with Crippen LogP contribution in [0.3, 0.4) is 0 Å². The third kappa shape index (κ3) is 2.41. The highest BCUT2D eigenvalue weighted by atomic mass is 15.1. The number of imidazole rings is 1. The molecule has 2 aromatic rings. The zero-order valence-electron chi connectivity index (χ0n) is 11.6. The predicted molar refractivity (Wildman–Crippen MR) is 76.6 cm³/mol. The van der Waals surface area contributed by atoms with Gasteiger partial charge in [0.1, 0.15) is 5.82 Å². The molecule has 0 saturated heterocycles. The summed E-state index contributed by atoms with van der Waals surface area (Å²) in [6.45, 7) is 8.15. The van der Waals surface area contributed by atoms with Gasteiger partial charge in [0, 0.05) is 6.54 Å². The van der Waals surface area contributed by atoms with Gasteiger partial charge in [0.15, 0.2) is 0 Å². The van der Waals surface area contributed by atoms with Crippen molar-refractivity contribution in [2.24, 2.45) is 5.73 Å². The summed E-state index contributed by atoms with van der Waals surface area (Å²) in [5, 5.41) is 0. The summed E-state index contributed by atoms with van der Waals surface area (Å²) in [4.78, 5) is 4.67. The molecule has 0 saturated carbocycles. The van der Waals surface area contributed by atoms with Crippen molar-refractivity contribution < 1.29 is 0 Å². The van der Waals surface area contributed by atoms with Crippen LogP contribution in [0, 0.1) is 0 Å². The maximum atomic E-state index is 5.80. The van der Waals surface area contributed by atoms with Gasteiger partial charge in [-0.15, -0.1) is 0 Å². The lowest BCUT2D eigenvalue weighted by Crippen LogP contribution is -2.08. The SMILES string of the molecule is CCCCn1c(CN)nc2cc(C(C)C)ccc21. The molecule has 2 rings (SSSR count). The van der Waals surface area contributed by atoms with Gasteiger partial charge < -0.3 is 10.3 Å². The Labute approximate surface area is 109 Å². The minimum Gasteiger partial charge on any atom is -0.327 e. The van der Waals surface area contributed by atoms with E-state index in [9.17, 15) is 0 Å². The third-order valence-electron chi connectivity index (χ3n) is 3.44. The van der Waals surface area contributed by atoms with Crippen molar-refractivity contribution in [3.63, 3.8) is 0 Å². The highest BCUT2D eigenvalue weighted by Gasteiger charge is 2.10. The van der Waals surface area contributed by atoms with Crippen molar-refractivity contribution in [3.8, 4) is 0 Å². The minimum atomic E-state index is 0.509. The first-order valence-electron chi connectivity index (χ1n) is 6.86. The molecule has 0 amide bonds. The van der Waals surface area contributed by atoms with E-state index < -0.39 is 0 Å². The first-order chi connectivity index (χ1) is 8.67. The molecule has 0 aliphatic rings. The molecule has 1 aromatic heterocycles. The van der Waals surface area contributed by atoms with Crippen molar-refractivity contribution in [1.82, 2.24) is 9.55 Å². The first kappa shape index (κ1) is 13.1. The van der Waals surface area contributed by atoms with Crippen LogP contribution in [0.1, 0.15) is 50.9 Å². The summed E-state index contributed by atoms with van der Waals surface area (Å²) in [5.74, 6) is 1.54. The van der Waals surface area contributed by atoms with Gasteiger partial charge in [0.2, 0.25) is 0 Å². The average Bonchev–Trinajstić information content (AvgIpc) is 2.72. The predicted octanol–water partition coefficient (Wildman–Crippen LogP) is 3.42. The van der Waals surface area contributed by atoms with E-state index in [-0.39, 0.29) is 0 Å². The lowest BCUT2D eigenvalue weighted by molar-refractivity contribution is 0.617. The molecule has 0 radical (unpaired) electrons. The number of aryl methyl sites for hydroxylation is 1. The van der Waals surface area contributed by atoms with Crippen LogP contribution in [0.15, 0.2) is 18.2 Å². The maximum Gasteiger partial charge on any atom is 0.123 e. The maximum absolute atomic E-state index is 5.80. The number of hydrogen-bond donors (Lipinski definition) is 1. The molecule has 0 aliphatic carbocycles. The fourth-order valence-electron chi connectivity index (χ4n) is 2.28. The summed E-state index contributed by atoms with van der Waals surface area (Å²) < 4.78 is 2.27. The molecule has 0 bridgehead atoms. The molecule has 0 spiro atoms. The van der Waals surface area contributed by atoms with Gasteiger partial charge in [0.25, 0.3) is 0 Å². The van der Waals surface area contributed by atoms with Crippen molar-refractivity contribution >= 4 is 11.0 Å². The van der Waals surface area contributed by atoms with Crippen LogP contribution >= 0.6 is 0 Å². The van der Waals surface area contributed by atoms with E-state index in [4.69, 9.17) is 5.73 Å². The largest absolute Gasteiger partial charge is 0.327 e. The fraction of sp³-hybridized carbons (Fsp3) is 0.533. The number of fused-ring (bicyclic) bond motifs is 1. The standard InChI is InChI=1S/C15H23N3/c1-4-5-8-18-14-7-6-12(11(2)3)9-13(14)17-15(18)10-16/h6-7,9,11H,4-5,8,10,16H2,1-3H3. The summed E-state index contributed by atoms with van der Waals surface area (Å²) in [6, 6.07) is 6.59. The van der Waals surface area contributed by atoms with E-state index in [1.807, 2.05) is 0 Å². The van der Waals surface area contributed by atoms with Gasteiger partial charge in [0.05, 0.1) is 17.6 Å². The Bertz CT molecular complexity index is 526. The average molecular weight is 245 g/mol. The second-order valence-corrected chi connectivity index (χ2v) is 5.14. The highest BCUT2D eigenvalue weighted by Crippen LogP contribution is 2.22. The monoisotopic (exact) mass is 245 g/mol. The number of aromatic nitrogens is 2. The smallest absolute Gasteiger partial charge is 0.123 e. The second-order valence-electron chi connectivity index (χ2n) is 5.14. The van der Waals surface area contributed by atoms with Gasteiger partial charge in [-0.25, -0.2) is 4.98 Å². The quantitative estimate of drug-likeness (QED) is 0.877. The molecule has 1 heterocycles. The number of hydrogen-bond acceptors (Lipinski definition) is 2. The lowest BCUT2D eigenvalue weighted by Gasteiger charge is -2.08. The Balaban J connectivity index is 2.48. The van der Waals surface area contributed by atoms with Crippen LogP contribution in [-0.2, 0) is 13.1 Å². The molecule has 18 heavy (non-hydrogen) atoms. The van der Waals surface area contributed by atoms with Crippen molar-refractivity contribution in [2.45, 2.75) is 52.6 Å². The number of nitrogens with zero attached hydrogens (tertiary/aromatic N) is 2. The fourth-order valence-corrected chi connectivity index (χ4v) is 2.28. The molecule has 0 unspecified atom stereocenters. The number of rotatable bonds is 5. The highest BCUT2D eigenvalue weighted by molar-refractivity contribution is 5.77. The van der Waals surface area contributed by atoms with Crippen LogP contribution in [-0.4, -0.2) is 9.55 Å². The van der Waals surface area contributed by atoms with Crippen molar-refractivity contribution in [1.29, 1.82) is 0 Å². The third-order valence-corrected chi connectivity index (χ3v) is 3.44. The normalized spacial score (nSPS) is 11.6. The molecule has 0 aliphatic heterocycles. The van der Waals surface area contributed by atoms with E-state index in [2.05, 4.69) is 48.5 Å². The van der Waals surface area contributed by atoms with Crippen LogP contribution in [0.25, 0.3) is 11.0 Å². The summed E-state index contributed by atoms with van der Waals surface area (Å²) in [5.41, 5.74) is 9.44. The minimum absolute atomic E-state index is 0.509. The molecule has 1 aromatic carbocycles. The molecular formula is C15H23N3. The van der Waals surface area contributed by atoms with E-state index in [0.717, 1.165) is 17.9 Å². The van der Waals surface area contributed by atoms with Crippen LogP contribution in [0.5, 0.6) is 0 Å². The van der Waals surface area contributed by atoms with Gasteiger partial charge in [-0.05, 0) is 30.0 Å². The van der Waals surface area contributed by atoms with E-state index in [0.29, 0.717) is 12.5 Å². The van der Waals surface area contributed by atoms with Crippen molar-refractivity contribution in [2.75, 3.05) is 0 Å². The number of unbranched alkanes of at least 4 members (excludes halogenated alkanes) is 1. The van der Waals surface area contributed by atoms with Crippen LogP contribution < -0.4 is 5.73 Å². The van der Waals surface area contributed by atoms with Gasteiger partial charge >= 0.3 is 0 Å². The Kier molecular flexibility index (Phi) is 4.02. The van der Waals surface area contributed by atoms with E-state index >= 15 is 0 Å². The van der Waals surface area contributed by atoms with Gasteiger partial charge in [-0.3, -0.25) is 0 Å². The molecule has 2 N–H and O–H groups in total. The Morgan fingerprint density at radius 1 is 1.33 bits per heavy atom. The molecule has 3 nitrogen and oxygen atoms in total. The van der Waals surface area contributed by atoms with Crippen molar-refractivity contribution in [3.05, 3.63) is 29.6 Å². The Morgan fingerprint density at radius 3 is 2.72 bits per heavy atom. The Hall–Kier alpha value is -1.35. The zero-order valence-corrected chi connectivity index (χ0v) is 11.6. The summed E-state index contributed by atoms with van der Waals surface area (Å²) in [7, 11) is 0. The zero-order chi connectivity index (χ0) is 13.1. The molecular weight excluding hydrogens is 222 g/mol. The van der Waals surface area contributed by atoms with Gasteiger partial charge in [-0.1, -0.05) is 33.3 Å². The summed E-state index contributed by atoms with van der Waals surface area (Å²) >= 11 is 0.